The summed E-state index contributed by atoms with van der Waals surface area (Å²) in [5.41, 5.74) is 1.19. The number of unbranched alkanes of at least 4 members (excludes halogenated alkanes) is 1. The smallest absolute Gasteiger partial charge is 0.123 e. The predicted molar refractivity (Wildman–Crippen MR) is 98.6 cm³/mol. The highest BCUT2D eigenvalue weighted by atomic mass is 16.5. The van der Waals surface area contributed by atoms with Crippen LogP contribution in [0.3, 0.4) is 0 Å². The molecule has 130 valence electrons. The maximum atomic E-state index is 10.1. The number of phenolic OH excluding ortho intramolecular Hbond substituents is 2. The molecule has 2 N–H and O–H groups in total. The van der Waals surface area contributed by atoms with Crippen LogP contribution < -0.4 is 4.74 Å². The first-order chi connectivity index (χ1) is 11.6. The predicted octanol–water partition coefficient (Wildman–Crippen LogP) is 5.75. The van der Waals surface area contributed by atoms with Crippen molar-refractivity contribution in [3.05, 3.63) is 42.5 Å². The summed E-state index contributed by atoms with van der Waals surface area (Å²) in [4.78, 5) is 0. The summed E-state index contributed by atoms with van der Waals surface area (Å²) >= 11 is 0. The molecule has 0 radical (unpaired) electrons. The van der Waals surface area contributed by atoms with Crippen LogP contribution in [-0.2, 0) is 0 Å². The van der Waals surface area contributed by atoms with Crippen molar-refractivity contribution in [2.24, 2.45) is 5.92 Å². The average molecular weight is 328 g/mol. The van der Waals surface area contributed by atoms with E-state index in [-0.39, 0.29) is 11.5 Å². The minimum Gasteiger partial charge on any atom is -0.507 e. The zero-order valence-corrected chi connectivity index (χ0v) is 14.7. The van der Waals surface area contributed by atoms with Crippen LogP contribution in [0, 0.1) is 5.92 Å². The molecular formula is C21H28O3. The van der Waals surface area contributed by atoms with Gasteiger partial charge in [-0.2, -0.15) is 0 Å². The Morgan fingerprint density at radius 1 is 0.917 bits per heavy atom. The molecule has 0 aromatic heterocycles. The van der Waals surface area contributed by atoms with Gasteiger partial charge in [0.15, 0.2) is 0 Å². The number of phenols is 2. The summed E-state index contributed by atoms with van der Waals surface area (Å²) in [5, 5.41) is 20.0. The minimum atomic E-state index is 0.136. The van der Waals surface area contributed by atoms with E-state index in [4.69, 9.17) is 4.74 Å². The molecule has 24 heavy (non-hydrogen) atoms. The van der Waals surface area contributed by atoms with Crippen molar-refractivity contribution in [2.45, 2.75) is 46.0 Å². The van der Waals surface area contributed by atoms with E-state index < -0.39 is 0 Å². The molecule has 0 spiro atoms. The second-order valence-electron chi connectivity index (χ2n) is 6.43. The summed E-state index contributed by atoms with van der Waals surface area (Å²) in [7, 11) is 0. The Hall–Kier alpha value is -2.16. The van der Waals surface area contributed by atoms with E-state index in [0.29, 0.717) is 23.5 Å². The van der Waals surface area contributed by atoms with Crippen LogP contribution in [-0.4, -0.2) is 16.8 Å². The topological polar surface area (TPSA) is 49.7 Å². The van der Waals surface area contributed by atoms with Crippen molar-refractivity contribution < 1.29 is 14.9 Å². The third-order valence-electron chi connectivity index (χ3n) is 4.32. The van der Waals surface area contributed by atoms with Gasteiger partial charge < -0.3 is 14.9 Å². The largest absolute Gasteiger partial charge is 0.507 e. The Morgan fingerprint density at radius 2 is 1.62 bits per heavy atom. The Kier molecular flexibility index (Phi) is 6.98. The van der Waals surface area contributed by atoms with Gasteiger partial charge in [-0.05, 0) is 43.0 Å². The molecule has 0 aliphatic heterocycles. The van der Waals surface area contributed by atoms with Gasteiger partial charge in [0.2, 0.25) is 0 Å². The Morgan fingerprint density at radius 3 is 2.38 bits per heavy atom. The van der Waals surface area contributed by atoms with Gasteiger partial charge in [0.05, 0.1) is 6.61 Å². The second-order valence-corrected chi connectivity index (χ2v) is 6.43. The molecule has 0 amide bonds. The SMILES string of the molecule is CCCC[C@H](C)CCCOc1ccc(O)c(-c2ccccc2O)c1. The molecule has 1 atom stereocenters. The normalized spacial score (nSPS) is 12.1. The zero-order chi connectivity index (χ0) is 17.4. The van der Waals surface area contributed by atoms with E-state index in [1.54, 1.807) is 36.4 Å². The highest BCUT2D eigenvalue weighted by Crippen LogP contribution is 2.37. The molecule has 0 fully saturated rings. The molecule has 0 saturated heterocycles. The van der Waals surface area contributed by atoms with E-state index in [1.807, 2.05) is 6.07 Å². The maximum absolute atomic E-state index is 10.1. The van der Waals surface area contributed by atoms with Crippen LogP contribution in [0.2, 0.25) is 0 Å². The molecule has 3 nitrogen and oxygen atoms in total. The van der Waals surface area contributed by atoms with Crippen molar-refractivity contribution in [1.29, 1.82) is 0 Å². The van der Waals surface area contributed by atoms with E-state index in [2.05, 4.69) is 13.8 Å². The van der Waals surface area contributed by atoms with Crippen LogP contribution in [0.5, 0.6) is 17.2 Å². The first kappa shape index (κ1) is 18.2. The van der Waals surface area contributed by atoms with Crippen LogP contribution in [0.4, 0.5) is 0 Å². The van der Waals surface area contributed by atoms with Gasteiger partial charge in [0.25, 0.3) is 0 Å². The Balaban J connectivity index is 1.93. The zero-order valence-electron chi connectivity index (χ0n) is 14.7. The molecule has 0 aliphatic carbocycles. The van der Waals surface area contributed by atoms with Gasteiger partial charge in [-0.15, -0.1) is 0 Å². The third-order valence-corrected chi connectivity index (χ3v) is 4.32. The van der Waals surface area contributed by atoms with E-state index in [0.717, 1.165) is 12.3 Å². The fourth-order valence-electron chi connectivity index (χ4n) is 2.84. The van der Waals surface area contributed by atoms with Crippen LogP contribution in [0.1, 0.15) is 46.0 Å². The molecule has 2 aromatic carbocycles. The molecule has 0 unspecified atom stereocenters. The summed E-state index contributed by atoms with van der Waals surface area (Å²) in [5.74, 6) is 1.74. The van der Waals surface area contributed by atoms with Crippen LogP contribution >= 0.6 is 0 Å². The fourth-order valence-corrected chi connectivity index (χ4v) is 2.84. The van der Waals surface area contributed by atoms with E-state index in [1.165, 1.54) is 25.7 Å². The van der Waals surface area contributed by atoms with Crippen molar-refractivity contribution in [3.63, 3.8) is 0 Å². The summed E-state index contributed by atoms with van der Waals surface area (Å²) in [6.07, 6.45) is 6.03. The van der Waals surface area contributed by atoms with Crippen molar-refractivity contribution in [1.82, 2.24) is 0 Å². The number of hydrogen-bond donors (Lipinski definition) is 2. The molecule has 3 heteroatoms. The summed E-state index contributed by atoms with van der Waals surface area (Å²) in [6, 6.07) is 12.1. The lowest BCUT2D eigenvalue weighted by Crippen LogP contribution is -2.02. The van der Waals surface area contributed by atoms with Gasteiger partial charge in [-0.1, -0.05) is 51.3 Å². The number of para-hydroxylation sites is 1. The minimum absolute atomic E-state index is 0.136. The monoisotopic (exact) mass is 328 g/mol. The Labute approximate surface area is 144 Å². The van der Waals surface area contributed by atoms with Crippen LogP contribution in [0.15, 0.2) is 42.5 Å². The second kappa shape index (κ2) is 9.21. The van der Waals surface area contributed by atoms with Gasteiger partial charge >= 0.3 is 0 Å². The molecule has 0 heterocycles. The molecule has 0 saturated carbocycles. The molecule has 2 rings (SSSR count). The molecule has 0 bridgehead atoms. The third kappa shape index (κ3) is 5.19. The summed E-state index contributed by atoms with van der Waals surface area (Å²) in [6.45, 7) is 5.19. The van der Waals surface area contributed by atoms with Gasteiger partial charge in [-0.3, -0.25) is 0 Å². The van der Waals surface area contributed by atoms with Crippen molar-refractivity contribution >= 4 is 0 Å². The molecular weight excluding hydrogens is 300 g/mol. The van der Waals surface area contributed by atoms with E-state index >= 15 is 0 Å². The molecule has 2 aromatic rings. The first-order valence-electron chi connectivity index (χ1n) is 8.86. The maximum Gasteiger partial charge on any atom is 0.123 e. The van der Waals surface area contributed by atoms with Gasteiger partial charge in [0, 0.05) is 11.1 Å². The fraction of sp³-hybridized carbons (Fsp3) is 0.429. The number of rotatable bonds is 9. The number of aromatic hydroxyl groups is 2. The molecule has 0 aliphatic rings. The first-order valence-corrected chi connectivity index (χ1v) is 8.86. The van der Waals surface area contributed by atoms with Gasteiger partial charge in [0.1, 0.15) is 17.2 Å². The van der Waals surface area contributed by atoms with Crippen molar-refractivity contribution in [3.8, 4) is 28.4 Å². The number of benzene rings is 2. The summed E-state index contributed by atoms with van der Waals surface area (Å²) < 4.78 is 5.83. The highest BCUT2D eigenvalue weighted by molar-refractivity contribution is 5.76. The number of hydrogen-bond acceptors (Lipinski definition) is 3. The number of ether oxygens (including phenoxy) is 1. The quantitative estimate of drug-likeness (QED) is 0.576. The van der Waals surface area contributed by atoms with Crippen molar-refractivity contribution in [2.75, 3.05) is 6.61 Å². The average Bonchev–Trinajstić information content (AvgIpc) is 2.59. The standard InChI is InChI=1S/C21H28O3/c1-3-4-8-16(2)9-7-14-24-17-12-13-21(23)19(15-17)18-10-5-6-11-20(18)22/h5-6,10-13,15-16,22-23H,3-4,7-9,14H2,1-2H3/t16-/m0/s1. The lowest BCUT2D eigenvalue weighted by molar-refractivity contribution is 0.291. The van der Waals surface area contributed by atoms with Crippen LogP contribution in [0.25, 0.3) is 11.1 Å². The lowest BCUT2D eigenvalue weighted by Gasteiger charge is -2.13. The lowest BCUT2D eigenvalue weighted by atomic mass is 9.99. The van der Waals surface area contributed by atoms with Gasteiger partial charge in [-0.25, -0.2) is 0 Å². The Bertz CT molecular complexity index is 637. The highest BCUT2D eigenvalue weighted by Gasteiger charge is 2.10. The van der Waals surface area contributed by atoms with E-state index in [9.17, 15) is 10.2 Å².